The molecule has 90 valence electrons. The van der Waals surface area contributed by atoms with Crippen molar-refractivity contribution in [3.63, 3.8) is 0 Å². The van der Waals surface area contributed by atoms with Gasteiger partial charge in [-0.2, -0.15) is 0 Å². The largest absolute Gasteiger partial charge is 0.574 e. The second-order valence-electron chi connectivity index (χ2n) is 2.61. The van der Waals surface area contributed by atoms with Gasteiger partial charge in [0.2, 0.25) is 5.88 Å². The zero-order valence-electron chi connectivity index (χ0n) is 7.94. The predicted octanol–water partition coefficient (Wildman–Crippen LogP) is 3.06. The first kappa shape index (κ1) is 13.3. The maximum atomic E-state index is 12.6. The van der Waals surface area contributed by atoms with Crippen LogP contribution >= 0.6 is 22.6 Å². The molecule has 8 heteroatoms. The van der Waals surface area contributed by atoms with Crippen molar-refractivity contribution in [3.8, 4) is 11.6 Å². The minimum atomic E-state index is -4.91. The van der Waals surface area contributed by atoms with E-state index in [4.69, 9.17) is 4.74 Å². The molecule has 0 unspecified atom stereocenters. The van der Waals surface area contributed by atoms with E-state index in [2.05, 4.69) is 9.72 Å². The molecule has 1 heterocycles. The molecule has 0 bridgehead atoms. The van der Waals surface area contributed by atoms with E-state index in [-0.39, 0.29) is 15.0 Å². The molecular weight excluding hydrogens is 345 g/mol. The number of alkyl halides is 4. The average molecular weight is 351 g/mol. The fraction of sp³-hybridized carbons (Fsp3) is 0.375. The quantitative estimate of drug-likeness (QED) is 0.477. The molecule has 0 N–H and O–H groups in total. The Bertz CT molecular complexity index is 383. The summed E-state index contributed by atoms with van der Waals surface area (Å²) in [6.07, 6.45) is -4.91. The lowest BCUT2D eigenvalue weighted by Gasteiger charge is -2.13. The van der Waals surface area contributed by atoms with E-state index in [9.17, 15) is 17.6 Å². The second kappa shape index (κ2) is 5.02. The van der Waals surface area contributed by atoms with Crippen LogP contribution in [0.15, 0.2) is 6.07 Å². The van der Waals surface area contributed by atoms with Crippen LogP contribution in [-0.4, -0.2) is 18.5 Å². The number of rotatable bonds is 3. The van der Waals surface area contributed by atoms with Crippen molar-refractivity contribution >= 4 is 22.6 Å². The van der Waals surface area contributed by atoms with Crippen molar-refractivity contribution in [1.82, 2.24) is 4.98 Å². The Hall–Kier alpha value is -0.800. The Balaban J connectivity index is 3.20. The van der Waals surface area contributed by atoms with Crippen molar-refractivity contribution in [2.45, 2.75) is 13.0 Å². The van der Waals surface area contributed by atoms with Crippen LogP contribution in [0.1, 0.15) is 5.56 Å². The average Bonchev–Trinajstić information content (AvgIpc) is 2.14. The van der Waals surface area contributed by atoms with Gasteiger partial charge in [0.25, 0.3) is 0 Å². The monoisotopic (exact) mass is 351 g/mol. The van der Waals surface area contributed by atoms with Gasteiger partial charge in [-0.25, -0.2) is 9.37 Å². The summed E-state index contributed by atoms with van der Waals surface area (Å²) in [7, 11) is 1.22. The fourth-order valence-electron chi connectivity index (χ4n) is 0.997. The maximum Gasteiger partial charge on any atom is 0.574 e. The molecule has 0 atom stereocenters. The number of aromatic nitrogens is 1. The van der Waals surface area contributed by atoms with Gasteiger partial charge in [0.1, 0.15) is 16.1 Å². The summed E-state index contributed by atoms with van der Waals surface area (Å²) in [6, 6.07) is 1.32. The molecule has 1 rings (SSSR count). The molecule has 0 amide bonds. The predicted molar refractivity (Wildman–Crippen MR) is 55.0 cm³/mol. The van der Waals surface area contributed by atoms with Crippen LogP contribution in [0.5, 0.6) is 11.6 Å². The lowest BCUT2D eigenvalue weighted by Crippen LogP contribution is -2.19. The topological polar surface area (TPSA) is 31.4 Å². The molecule has 0 aromatic carbocycles. The first-order chi connectivity index (χ1) is 7.37. The zero-order chi connectivity index (χ0) is 12.3. The number of pyridine rings is 1. The lowest BCUT2D eigenvalue weighted by molar-refractivity contribution is -0.276. The highest BCUT2D eigenvalue weighted by molar-refractivity contribution is 14.1. The summed E-state index contributed by atoms with van der Waals surface area (Å²) in [5.41, 5.74) is -0.361. The summed E-state index contributed by atoms with van der Waals surface area (Å²) < 4.78 is 57.1. The summed E-state index contributed by atoms with van der Waals surface area (Å²) in [6.45, 7) is -1.15. The number of hydrogen-bond donors (Lipinski definition) is 0. The second-order valence-corrected chi connectivity index (χ2v) is 3.72. The number of halogens is 5. The van der Waals surface area contributed by atoms with E-state index in [0.717, 1.165) is 0 Å². The van der Waals surface area contributed by atoms with Crippen LogP contribution in [0.2, 0.25) is 0 Å². The highest BCUT2D eigenvalue weighted by Gasteiger charge is 2.33. The van der Waals surface area contributed by atoms with Crippen LogP contribution in [0.3, 0.4) is 0 Å². The number of hydrogen-bond acceptors (Lipinski definition) is 3. The summed E-state index contributed by atoms with van der Waals surface area (Å²) in [5, 5.41) is 0. The highest BCUT2D eigenvalue weighted by Crippen LogP contribution is 2.32. The van der Waals surface area contributed by atoms with E-state index in [1.54, 1.807) is 22.6 Å². The first-order valence-corrected chi connectivity index (χ1v) is 5.00. The van der Waals surface area contributed by atoms with E-state index in [1.807, 2.05) is 0 Å². The fourth-order valence-corrected chi connectivity index (χ4v) is 1.50. The maximum absolute atomic E-state index is 12.6. The van der Waals surface area contributed by atoms with Crippen LogP contribution in [-0.2, 0) is 6.67 Å². The molecule has 16 heavy (non-hydrogen) atoms. The van der Waals surface area contributed by atoms with Gasteiger partial charge in [0.15, 0.2) is 0 Å². The summed E-state index contributed by atoms with van der Waals surface area (Å²) in [4.78, 5) is 3.46. The lowest BCUT2D eigenvalue weighted by atomic mass is 10.2. The van der Waals surface area contributed by atoms with E-state index < -0.39 is 18.9 Å². The van der Waals surface area contributed by atoms with Crippen LogP contribution in [0.4, 0.5) is 17.6 Å². The van der Waals surface area contributed by atoms with Crippen molar-refractivity contribution < 1.29 is 27.0 Å². The summed E-state index contributed by atoms with van der Waals surface area (Å²) in [5.74, 6) is -0.847. The van der Waals surface area contributed by atoms with Crippen LogP contribution in [0.25, 0.3) is 0 Å². The molecule has 0 spiro atoms. The minimum Gasteiger partial charge on any atom is -0.496 e. The third kappa shape index (κ3) is 3.35. The Morgan fingerprint density at radius 1 is 1.44 bits per heavy atom. The standard InChI is InChI=1S/C8H6F4INO2/c1-15-5-2-6(13)14-7(4(5)3-9)16-8(10,11)12/h2H,3H2,1H3. The minimum absolute atomic E-state index is 0.0267. The van der Waals surface area contributed by atoms with Gasteiger partial charge in [0, 0.05) is 6.07 Å². The van der Waals surface area contributed by atoms with Crippen molar-refractivity contribution in [1.29, 1.82) is 0 Å². The van der Waals surface area contributed by atoms with Gasteiger partial charge in [0.05, 0.1) is 12.7 Å². The Morgan fingerprint density at radius 2 is 2.06 bits per heavy atom. The third-order valence-electron chi connectivity index (χ3n) is 1.58. The molecule has 1 aromatic rings. The molecule has 0 saturated carbocycles. The van der Waals surface area contributed by atoms with Gasteiger partial charge in [-0.15, -0.1) is 13.2 Å². The third-order valence-corrected chi connectivity index (χ3v) is 2.13. The van der Waals surface area contributed by atoms with E-state index >= 15 is 0 Å². The van der Waals surface area contributed by atoms with Gasteiger partial charge in [-0.1, -0.05) is 0 Å². The smallest absolute Gasteiger partial charge is 0.496 e. The van der Waals surface area contributed by atoms with Crippen LogP contribution < -0.4 is 9.47 Å². The molecule has 0 radical (unpaired) electrons. The highest BCUT2D eigenvalue weighted by atomic mass is 127. The van der Waals surface area contributed by atoms with E-state index in [1.165, 1.54) is 13.2 Å². The molecular formula is C8H6F4INO2. The molecule has 0 fully saturated rings. The van der Waals surface area contributed by atoms with E-state index in [0.29, 0.717) is 0 Å². The molecule has 0 aliphatic rings. The zero-order valence-corrected chi connectivity index (χ0v) is 10.1. The van der Waals surface area contributed by atoms with Gasteiger partial charge in [-0.3, -0.25) is 0 Å². The number of methoxy groups -OCH3 is 1. The van der Waals surface area contributed by atoms with Crippen molar-refractivity contribution in [3.05, 3.63) is 15.3 Å². The SMILES string of the molecule is COc1cc(I)nc(OC(F)(F)F)c1CF. The molecule has 0 aliphatic carbocycles. The first-order valence-electron chi connectivity index (χ1n) is 3.92. The normalized spacial score (nSPS) is 11.4. The van der Waals surface area contributed by atoms with Crippen molar-refractivity contribution in [2.75, 3.05) is 7.11 Å². The Kier molecular flexibility index (Phi) is 4.16. The van der Waals surface area contributed by atoms with Gasteiger partial charge in [-0.05, 0) is 22.6 Å². The van der Waals surface area contributed by atoms with Gasteiger partial charge >= 0.3 is 6.36 Å². The van der Waals surface area contributed by atoms with Crippen molar-refractivity contribution in [2.24, 2.45) is 0 Å². The van der Waals surface area contributed by atoms with Crippen LogP contribution in [0, 0.1) is 3.70 Å². The van der Waals surface area contributed by atoms with Gasteiger partial charge < -0.3 is 9.47 Å². The molecule has 0 aliphatic heterocycles. The Morgan fingerprint density at radius 3 is 2.50 bits per heavy atom. The Labute approximate surface area is 102 Å². The number of ether oxygens (including phenoxy) is 2. The summed E-state index contributed by atoms with van der Waals surface area (Å²) >= 11 is 1.68. The molecule has 1 aromatic heterocycles. The molecule has 0 saturated heterocycles. The number of nitrogens with zero attached hydrogens (tertiary/aromatic N) is 1. The molecule has 3 nitrogen and oxygen atoms in total.